The van der Waals surface area contributed by atoms with Gasteiger partial charge in [-0.1, -0.05) is 25.1 Å². The van der Waals surface area contributed by atoms with Crippen molar-refractivity contribution < 1.29 is 22.7 Å². The van der Waals surface area contributed by atoms with Gasteiger partial charge in [0.15, 0.2) is 0 Å². The number of benzene rings is 1. The maximum absolute atomic E-state index is 12.8. The van der Waals surface area contributed by atoms with Crippen LogP contribution in [0.4, 0.5) is 13.2 Å². The second-order valence-electron chi connectivity index (χ2n) is 7.31. The van der Waals surface area contributed by atoms with Crippen LogP contribution in [-0.4, -0.2) is 36.6 Å². The van der Waals surface area contributed by atoms with Gasteiger partial charge in [-0.05, 0) is 43.2 Å². The van der Waals surface area contributed by atoms with Crippen molar-refractivity contribution in [2.45, 2.75) is 50.8 Å². The molecule has 1 aromatic carbocycles. The molecule has 0 aromatic heterocycles. The number of alkyl halides is 3. The normalized spacial score (nSPS) is 24.9. The Morgan fingerprint density at radius 1 is 1.20 bits per heavy atom. The molecule has 0 bridgehead atoms. The molecule has 1 heterocycles. The number of hydrogen-bond acceptors (Lipinski definition) is 2. The summed E-state index contributed by atoms with van der Waals surface area (Å²) in [4.78, 5) is 13.8. The van der Waals surface area contributed by atoms with E-state index in [0.29, 0.717) is 18.7 Å². The summed E-state index contributed by atoms with van der Waals surface area (Å²) < 4.78 is 44.1. The number of rotatable bonds is 4. The van der Waals surface area contributed by atoms with Gasteiger partial charge in [-0.2, -0.15) is 13.2 Å². The molecule has 1 aromatic rings. The van der Waals surface area contributed by atoms with Crippen LogP contribution in [-0.2, 0) is 15.7 Å². The Labute approximate surface area is 146 Å². The van der Waals surface area contributed by atoms with Crippen LogP contribution in [0.1, 0.15) is 49.7 Å². The number of amides is 1. The summed E-state index contributed by atoms with van der Waals surface area (Å²) in [5.74, 6) is 0.641. The number of hydrogen-bond donors (Lipinski definition) is 0. The van der Waals surface area contributed by atoms with Crippen molar-refractivity contribution >= 4 is 5.91 Å². The Bertz CT molecular complexity index is 603. The topological polar surface area (TPSA) is 29.5 Å². The quantitative estimate of drug-likeness (QED) is 0.809. The minimum atomic E-state index is -4.33. The molecule has 1 aliphatic carbocycles. The van der Waals surface area contributed by atoms with Gasteiger partial charge in [-0.3, -0.25) is 4.79 Å². The molecule has 0 N–H and O–H groups in total. The van der Waals surface area contributed by atoms with Crippen LogP contribution in [0.5, 0.6) is 0 Å². The van der Waals surface area contributed by atoms with Crippen LogP contribution >= 0.6 is 0 Å². The lowest BCUT2D eigenvalue weighted by molar-refractivity contribution is -0.143. The van der Waals surface area contributed by atoms with Gasteiger partial charge < -0.3 is 9.64 Å². The predicted octanol–water partition coefficient (Wildman–Crippen LogP) is 4.23. The number of likely N-dealkylation sites (tertiary alicyclic amines) is 1. The first-order chi connectivity index (χ1) is 11.8. The van der Waals surface area contributed by atoms with Crippen LogP contribution in [0.3, 0.4) is 0 Å². The standard InChI is InChI=1S/C19H24F3NO2/c1-13-5-7-17(8-6-13)25-12-18(24)23-10-15(11-23)14-3-2-4-16(9-14)19(20,21)22/h2-4,9,13,15,17H,5-8,10-12H2,1H3. The van der Waals surface area contributed by atoms with E-state index in [1.165, 1.54) is 12.1 Å². The van der Waals surface area contributed by atoms with Crippen molar-refractivity contribution in [2.24, 2.45) is 5.92 Å². The second-order valence-corrected chi connectivity index (χ2v) is 7.31. The van der Waals surface area contributed by atoms with Crippen LogP contribution in [0.25, 0.3) is 0 Å². The van der Waals surface area contributed by atoms with Crippen LogP contribution in [0, 0.1) is 5.92 Å². The van der Waals surface area contributed by atoms with E-state index in [2.05, 4.69) is 6.92 Å². The molecular formula is C19H24F3NO2. The first-order valence-electron chi connectivity index (χ1n) is 8.89. The van der Waals surface area contributed by atoms with Gasteiger partial charge in [-0.15, -0.1) is 0 Å². The van der Waals surface area contributed by atoms with E-state index in [1.54, 1.807) is 11.0 Å². The zero-order chi connectivity index (χ0) is 18.0. The van der Waals surface area contributed by atoms with Gasteiger partial charge in [0.2, 0.25) is 5.91 Å². The van der Waals surface area contributed by atoms with Gasteiger partial charge in [0.1, 0.15) is 6.61 Å². The van der Waals surface area contributed by atoms with Crippen molar-refractivity contribution in [1.82, 2.24) is 4.90 Å². The van der Waals surface area contributed by atoms with Crippen molar-refractivity contribution in [1.29, 1.82) is 0 Å². The van der Waals surface area contributed by atoms with Gasteiger partial charge in [0.25, 0.3) is 0 Å². The van der Waals surface area contributed by atoms with Crippen LogP contribution in [0.2, 0.25) is 0 Å². The summed E-state index contributed by atoms with van der Waals surface area (Å²) in [6, 6.07) is 5.38. The molecule has 3 rings (SSSR count). The summed E-state index contributed by atoms with van der Waals surface area (Å²) in [6.45, 7) is 3.24. The number of ether oxygens (including phenoxy) is 1. The number of carbonyl (C=O) groups is 1. The maximum Gasteiger partial charge on any atom is 0.416 e. The smallest absolute Gasteiger partial charge is 0.368 e. The number of halogens is 3. The Morgan fingerprint density at radius 2 is 1.88 bits per heavy atom. The molecular weight excluding hydrogens is 331 g/mol. The molecule has 0 radical (unpaired) electrons. The predicted molar refractivity (Wildman–Crippen MR) is 88.1 cm³/mol. The highest BCUT2D eigenvalue weighted by Crippen LogP contribution is 2.34. The van der Waals surface area contributed by atoms with Crippen molar-refractivity contribution in [3.05, 3.63) is 35.4 Å². The fourth-order valence-electron chi connectivity index (χ4n) is 3.54. The Kier molecular flexibility index (Phi) is 5.37. The van der Waals surface area contributed by atoms with E-state index in [-0.39, 0.29) is 24.5 Å². The third-order valence-electron chi connectivity index (χ3n) is 5.33. The summed E-state index contributed by atoms with van der Waals surface area (Å²) in [7, 11) is 0. The molecule has 0 spiro atoms. The fourth-order valence-corrected chi connectivity index (χ4v) is 3.54. The molecule has 0 atom stereocenters. The Balaban J connectivity index is 1.45. The first kappa shape index (κ1) is 18.2. The third-order valence-corrected chi connectivity index (χ3v) is 5.33. The lowest BCUT2D eigenvalue weighted by Crippen LogP contribution is -2.50. The van der Waals surface area contributed by atoms with E-state index in [1.807, 2.05) is 0 Å². The monoisotopic (exact) mass is 355 g/mol. The zero-order valence-electron chi connectivity index (χ0n) is 14.4. The SMILES string of the molecule is CC1CCC(OCC(=O)N2CC(c3cccc(C(F)(F)F)c3)C2)CC1. The highest BCUT2D eigenvalue weighted by molar-refractivity contribution is 5.78. The average Bonchev–Trinajstić information content (AvgIpc) is 2.52. The average molecular weight is 355 g/mol. The zero-order valence-corrected chi connectivity index (χ0v) is 14.4. The van der Waals surface area contributed by atoms with E-state index in [9.17, 15) is 18.0 Å². The second kappa shape index (κ2) is 7.36. The number of carbonyl (C=O) groups excluding carboxylic acids is 1. The molecule has 25 heavy (non-hydrogen) atoms. The van der Waals surface area contributed by atoms with Gasteiger partial charge in [0, 0.05) is 19.0 Å². The minimum absolute atomic E-state index is 0.0261. The molecule has 3 nitrogen and oxygen atoms in total. The van der Waals surface area contributed by atoms with Crippen LogP contribution in [0.15, 0.2) is 24.3 Å². The molecule has 138 valence electrons. The van der Waals surface area contributed by atoms with E-state index in [0.717, 1.165) is 37.7 Å². The summed E-state index contributed by atoms with van der Waals surface area (Å²) >= 11 is 0. The molecule has 0 unspecified atom stereocenters. The van der Waals surface area contributed by atoms with Crippen molar-refractivity contribution in [3.63, 3.8) is 0 Å². The van der Waals surface area contributed by atoms with Gasteiger partial charge >= 0.3 is 6.18 Å². The highest BCUT2D eigenvalue weighted by Gasteiger charge is 2.35. The third kappa shape index (κ3) is 4.54. The molecule has 1 amide bonds. The minimum Gasteiger partial charge on any atom is -0.368 e. The van der Waals surface area contributed by atoms with E-state index >= 15 is 0 Å². The van der Waals surface area contributed by atoms with E-state index < -0.39 is 11.7 Å². The Hall–Kier alpha value is -1.56. The first-order valence-corrected chi connectivity index (χ1v) is 8.89. The summed E-state index contributed by atoms with van der Waals surface area (Å²) in [5.41, 5.74) is 0.00528. The Morgan fingerprint density at radius 3 is 2.52 bits per heavy atom. The lowest BCUT2D eigenvalue weighted by Gasteiger charge is -2.40. The molecule has 1 aliphatic heterocycles. The highest BCUT2D eigenvalue weighted by atomic mass is 19.4. The maximum atomic E-state index is 12.8. The van der Waals surface area contributed by atoms with E-state index in [4.69, 9.17) is 4.74 Å². The van der Waals surface area contributed by atoms with Gasteiger partial charge in [-0.25, -0.2) is 0 Å². The summed E-state index contributed by atoms with van der Waals surface area (Å²) in [6.07, 6.45) is 0.115. The van der Waals surface area contributed by atoms with Crippen molar-refractivity contribution in [2.75, 3.05) is 19.7 Å². The largest absolute Gasteiger partial charge is 0.416 e. The summed E-state index contributed by atoms with van der Waals surface area (Å²) in [5, 5.41) is 0. The molecule has 1 saturated heterocycles. The van der Waals surface area contributed by atoms with Gasteiger partial charge in [0.05, 0.1) is 11.7 Å². The molecule has 2 fully saturated rings. The number of nitrogens with zero attached hydrogens (tertiary/aromatic N) is 1. The van der Waals surface area contributed by atoms with Crippen molar-refractivity contribution in [3.8, 4) is 0 Å². The molecule has 2 aliphatic rings. The molecule has 6 heteroatoms. The molecule has 1 saturated carbocycles. The van der Waals surface area contributed by atoms with Crippen LogP contribution < -0.4 is 0 Å². The fraction of sp³-hybridized carbons (Fsp3) is 0.632. The lowest BCUT2D eigenvalue weighted by atomic mass is 9.89.